The molecule has 0 unspecified atom stereocenters. The maximum absolute atomic E-state index is 12.3. The monoisotopic (exact) mass is 385 g/mol. The van der Waals surface area contributed by atoms with Crippen LogP contribution in [0.5, 0.6) is 5.75 Å². The molecule has 2 aromatic heterocycles. The van der Waals surface area contributed by atoms with Crippen molar-refractivity contribution in [1.29, 1.82) is 0 Å². The number of anilines is 1. The van der Waals surface area contributed by atoms with Crippen LogP contribution in [-0.4, -0.2) is 44.4 Å². The van der Waals surface area contributed by atoms with E-state index in [1.54, 1.807) is 17.3 Å². The third kappa shape index (κ3) is 3.90. The fourth-order valence-corrected chi connectivity index (χ4v) is 3.43. The molecule has 8 nitrogen and oxygen atoms in total. The first-order chi connectivity index (χ1) is 13.5. The van der Waals surface area contributed by atoms with E-state index >= 15 is 0 Å². The number of rotatable bonds is 5. The van der Waals surface area contributed by atoms with Gasteiger partial charge < -0.3 is 20.1 Å². The van der Waals surface area contributed by atoms with Crippen molar-refractivity contribution < 1.29 is 14.3 Å². The molecule has 1 aliphatic heterocycles. The number of carbonyl (C=O) groups excluding carboxylic acids is 1. The zero-order valence-electron chi connectivity index (χ0n) is 16.4. The fraction of sp³-hybridized carbons (Fsp3) is 0.550. The van der Waals surface area contributed by atoms with Gasteiger partial charge in [0.25, 0.3) is 0 Å². The van der Waals surface area contributed by atoms with Gasteiger partial charge in [-0.1, -0.05) is 0 Å². The second-order valence-electron chi connectivity index (χ2n) is 7.91. The lowest BCUT2D eigenvalue weighted by Crippen LogP contribution is -2.41. The van der Waals surface area contributed by atoms with Gasteiger partial charge in [0.2, 0.25) is 0 Å². The fourth-order valence-electron chi connectivity index (χ4n) is 3.43. The zero-order chi connectivity index (χ0) is 19.7. The van der Waals surface area contributed by atoms with E-state index in [2.05, 4.69) is 10.1 Å². The van der Waals surface area contributed by atoms with Crippen LogP contribution >= 0.6 is 0 Å². The van der Waals surface area contributed by atoms with Gasteiger partial charge >= 0.3 is 6.09 Å². The highest BCUT2D eigenvalue weighted by atomic mass is 16.6. The summed E-state index contributed by atoms with van der Waals surface area (Å²) in [6, 6.07) is 3.91. The molecular formula is C20H27N5O3. The van der Waals surface area contributed by atoms with Crippen molar-refractivity contribution in [2.75, 3.05) is 18.8 Å². The van der Waals surface area contributed by atoms with E-state index in [4.69, 9.17) is 15.2 Å². The van der Waals surface area contributed by atoms with Crippen molar-refractivity contribution in [3.63, 3.8) is 0 Å². The van der Waals surface area contributed by atoms with Gasteiger partial charge in [0.15, 0.2) is 0 Å². The maximum Gasteiger partial charge on any atom is 0.410 e. The Labute approximate surface area is 164 Å². The summed E-state index contributed by atoms with van der Waals surface area (Å²) in [6.45, 7) is 5.55. The highest BCUT2D eigenvalue weighted by Crippen LogP contribution is 2.39. The predicted molar refractivity (Wildman–Crippen MR) is 104 cm³/mol. The standard InChI is InChI=1S/C20H27N5O3/c1-14-17(4-3-9-22-14)27-13-15-12-23-25(18(15)21)16-5-10-24(11-6-16)19(26)28-20(2)7-8-20/h3-4,9,12,16H,5-8,10-11,13,21H2,1-2H3. The third-order valence-electron chi connectivity index (χ3n) is 5.61. The second-order valence-corrected chi connectivity index (χ2v) is 7.91. The molecule has 0 spiro atoms. The van der Waals surface area contributed by atoms with E-state index in [1.807, 2.05) is 30.7 Å². The van der Waals surface area contributed by atoms with Gasteiger partial charge in [-0.2, -0.15) is 5.10 Å². The third-order valence-corrected chi connectivity index (χ3v) is 5.61. The average molecular weight is 385 g/mol. The number of hydrogen-bond acceptors (Lipinski definition) is 6. The normalized spacial score (nSPS) is 18.7. The van der Waals surface area contributed by atoms with Crippen molar-refractivity contribution in [2.45, 2.75) is 57.8 Å². The van der Waals surface area contributed by atoms with Crippen LogP contribution in [0.4, 0.5) is 10.6 Å². The molecule has 150 valence electrons. The number of amides is 1. The first-order valence-corrected chi connectivity index (χ1v) is 9.79. The van der Waals surface area contributed by atoms with Crippen LogP contribution in [0, 0.1) is 6.92 Å². The number of nitrogens with two attached hydrogens (primary N) is 1. The molecule has 1 aliphatic carbocycles. The lowest BCUT2D eigenvalue weighted by molar-refractivity contribution is 0.0491. The van der Waals surface area contributed by atoms with Gasteiger partial charge in [0.05, 0.1) is 23.5 Å². The van der Waals surface area contributed by atoms with Gasteiger partial charge in [0, 0.05) is 19.3 Å². The number of nitrogen functional groups attached to an aromatic ring is 1. The van der Waals surface area contributed by atoms with Gasteiger partial charge in [-0.3, -0.25) is 4.98 Å². The molecule has 2 aliphatic rings. The molecule has 2 aromatic rings. The van der Waals surface area contributed by atoms with E-state index in [-0.39, 0.29) is 17.7 Å². The number of aromatic nitrogens is 3. The maximum atomic E-state index is 12.3. The minimum Gasteiger partial charge on any atom is -0.487 e. The SMILES string of the molecule is Cc1ncccc1OCc1cnn(C2CCN(C(=O)OC3(C)CC3)CC2)c1N. The zero-order valence-corrected chi connectivity index (χ0v) is 16.4. The molecule has 1 amide bonds. The summed E-state index contributed by atoms with van der Waals surface area (Å²) >= 11 is 0. The molecule has 0 radical (unpaired) electrons. The summed E-state index contributed by atoms with van der Waals surface area (Å²) in [4.78, 5) is 18.3. The molecule has 2 fully saturated rings. The van der Waals surface area contributed by atoms with E-state index in [9.17, 15) is 4.79 Å². The van der Waals surface area contributed by atoms with E-state index in [0.29, 0.717) is 25.5 Å². The van der Waals surface area contributed by atoms with Crippen molar-refractivity contribution in [1.82, 2.24) is 19.7 Å². The first kappa shape index (κ1) is 18.6. The number of nitrogens with zero attached hydrogens (tertiary/aromatic N) is 4. The molecule has 2 N–H and O–H groups in total. The van der Waals surface area contributed by atoms with Crippen molar-refractivity contribution in [3.05, 3.63) is 35.8 Å². The summed E-state index contributed by atoms with van der Waals surface area (Å²) in [7, 11) is 0. The van der Waals surface area contributed by atoms with E-state index < -0.39 is 0 Å². The van der Waals surface area contributed by atoms with E-state index in [0.717, 1.165) is 42.7 Å². The van der Waals surface area contributed by atoms with Crippen molar-refractivity contribution >= 4 is 11.9 Å². The number of likely N-dealkylation sites (tertiary alicyclic amines) is 1. The molecule has 1 saturated carbocycles. The number of carbonyl (C=O) groups is 1. The Hall–Kier alpha value is -2.77. The van der Waals surface area contributed by atoms with Crippen LogP contribution in [-0.2, 0) is 11.3 Å². The molecule has 4 rings (SSSR count). The molecule has 0 bridgehead atoms. The summed E-state index contributed by atoms with van der Waals surface area (Å²) in [5.74, 6) is 1.36. The predicted octanol–water partition coefficient (Wildman–Crippen LogP) is 3.07. The minimum absolute atomic E-state index is 0.175. The van der Waals surface area contributed by atoms with Crippen molar-refractivity contribution in [2.24, 2.45) is 0 Å². The number of aryl methyl sites for hydroxylation is 1. The Morgan fingerprint density at radius 2 is 2.11 bits per heavy atom. The van der Waals surface area contributed by atoms with Gasteiger partial charge in [-0.25, -0.2) is 9.48 Å². The molecule has 0 aromatic carbocycles. The van der Waals surface area contributed by atoms with Crippen LogP contribution < -0.4 is 10.5 Å². The Morgan fingerprint density at radius 3 is 2.79 bits per heavy atom. The van der Waals surface area contributed by atoms with Gasteiger partial charge in [-0.15, -0.1) is 0 Å². The number of ether oxygens (including phenoxy) is 2. The first-order valence-electron chi connectivity index (χ1n) is 9.79. The van der Waals surface area contributed by atoms with Crippen LogP contribution in [0.2, 0.25) is 0 Å². The highest BCUT2D eigenvalue weighted by molar-refractivity contribution is 5.68. The Balaban J connectivity index is 1.33. The molecule has 1 saturated heterocycles. The smallest absolute Gasteiger partial charge is 0.410 e. The lowest BCUT2D eigenvalue weighted by atomic mass is 10.1. The Kier molecular flexibility index (Phi) is 4.87. The van der Waals surface area contributed by atoms with Gasteiger partial charge in [0.1, 0.15) is 23.8 Å². The topological polar surface area (TPSA) is 95.5 Å². The minimum atomic E-state index is -0.234. The van der Waals surface area contributed by atoms with Crippen LogP contribution in [0.15, 0.2) is 24.5 Å². The largest absolute Gasteiger partial charge is 0.487 e. The van der Waals surface area contributed by atoms with Crippen LogP contribution in [0.1, 0.15) is 49.9 Å². The highest BCUT2D eigenvalue weighted by Gasteiger charge is 2.43. The number of hydrogen-bond donors (Lipinski definition) is 1. The molecule has 0 atom stereocenters. The summed E-state index contributed by atoms with van der Waals surface area (Å²) in [6.07, 6.45) is 6.83. The molecule has 3 heterocycles. The van der Waals surface area contributed by atoms with Crippen LogP contribution in [0.3, 0.4) is 0 Å². The van der Waals surface area contributed by atoms with Gasteiger partial charge in [-0.05, 0) is 51.7 Å². The second kappa shape index (κ2) is 7.33. The molecule has 28 heavy (non-hydrogen) atoms. The Morgan fingerprint density at radius 1 is 1.36 bits per heavy atom. The number of pyridine rings is 1. The summed E-state index contributed by atoms with van der Waals surface area (Å²) < 4.78 is 13.3. The number of piperidine rings is 1. The lowest BCUT2D eigenvalue weighted by Gasteiger charge is -2.32. The summed E-state index contributed by atoms with van der Waals surface area (Å²) in [5.41, 5.74) is 7.78. The quantitative estimate of drug-likeness (QED) is 0.850. The van der Waals surface area contributed by atoms with E-state index in [1.165, 1.54) is 0 Å². The molecular weight excluding hydrogens is 358 g/mol. The average Bonchev–Trinajstić information content (AvgIpc) is 3.30. The van der Waals surface area contributed by atoms with Crippen LogP contribution in [0.25, 0.3) is 0 Å². The molecule has 8 heteroatoms. The summed E-state index contributed by atoms with van der Waals surface area (Å²) in [5, 5.41) is 4.47. The van der Waals surface area contributed by atoms with Crippen molar-refractivity contribution in [3.8, 4) is 5.75 Å². The Bertz CT molecular complexity index is 853.